The van der Waals surface area contributed by atoms with Gasteiger partial charge < -0.3 is 0 Å². The van der Waals surface area contributed by atoms with E-state index in [0.717, 1.165) is 30.7 Å². The summed E-state index contributed by atoms with van der Waals surface area (Å²) >= 11 is 1.31. The van der Waals surface area contributed by atoms with Crippen LogP contribution in [0.25, 0.3) is 5.69 Å². The van der Waals surface area contributed by atoms with Gasteiger partial charge in [-0.1, -0.05) is 31.1 Å². The molecule has 1 aromatic carbocycles. The molecule has 3 rings (SSSR count). The number of aromatic nitrogens is 5. The zero-order valence-corrected chi connectivity index (χ0v) is 15.3. The number of aryl methyl sites for hydroxylation is 1. The molecule has 0 fully saturated rings. The van der Waals surface area contributed by atoms with Gasteiger partial charge in [0, 0.05) is 18.1 Å². The van der Waals surface area contributed by atoms with E-state index < -0.39 is 10.8 Å². The summed E-state index contributed by atoms with van der Waals surface area (Å²) in [6, 6.07) is 4.15. The first kappa shape index (κ1) is 18.6. The number of hydrogen-bond acceptors (Lipinski definition) is 8. The molecule has 140 valence electrons. The van der Waals surface area contributed by atoms with Gasteiger partial charge in [0.05, 0.1) is 4.92 Å². The Morgan fingerprint density at radius 2 is 2.19 bits per heavy atom. The molecule has 0 saturated carbocycles. The zero-order valence-electron chi connectivity index (χ0n) is 14.5. The lowest BCUT2D eigenvalue weighted by molar-refractivity contribution is -0.384. The van der Waals surface area contributed by atoms with Gasteiger partial charge in [-0.2, -0.15) is 5.10 Å². The van der Waals surface area contributed by atoms with Crippen molar-refractivity contribution < 1.29 is 9.72 Å². The van der Waals surface area contributed by atoms with Crippen molar-refractivity contribution in [3.8, 4) is 5.69 Å². The first-order chi connectivity index (χ1) is 13.1. The third kappa shape index (κ3) is 4.50. The Hall–Kier alpha value is -3.21. The third-order valence-electron chi connectivity index (χ3n) is 3.78. The first-order valence-electron chi connectivity index (χ1n) is 8.35. The summed E-state index contributed by atoms with van der Waals surface area (Å²) in [5, 5.41) is 27.1. The number of anilines is 1. The fourth-order valence-corrected chi connectivity index (χ4v) is 3.21. The molecule has 0 aliphatic carbocycles. The lowest BCUT2D eigenvalue weighted by Crippen LogP contribution is -2.13. The van der Waals surface area contributed by atoms with Crippen molar-refractivity contribution in [2.75, 3.05) is 5.32 Å². The molecule has 0 spiro atoms. The number of hydrogen-bond donors (Lipinski definition) is 1. The monoisotopic (exact) mass is 387 g/mol. The van der Waals surface area contributed by atoms with Crippen molar-refractivity contribution in [3.05, 3.63) is 51.5 Å². The highest BCUT2D eigenvalue weighted by Gasteiger charge is 2.20. The Labute approximate surface area is 158 Å². The minimum atomic E-state index is -0.565. The van der Waals surface area contributed by atoms with Gasteiger partial charge >= 0.3 is 0 Å². The molecule has 3 aromatic rings. The fourth-order valence-electron chi connectivity index (χ4n) is 2.44. The Balaban J connectivity index is 1.75. The van der Waals surface area contributed by atoms with Crippen LogP contribution in [0.4, 0.5) is 10.8 Å². The standard InChI is InChI=1S/C16H17N7O3S/c1-2-3-4-5-14-20-21-16(27-14)19-15(24)11-6-7-12(13(8-11)23(25)26)22-10-17-9-18-22/h6-10H,2-5H2,1H3,(H,19,21,24). The lowest BCUT2D eigenvalue weighted by atomic mass is 10.1. The van der Waals surface area contributed by atoms with E-state index in [0.29, 0.717) is 5.13 Å². The number of nitro benzene ring substituents is 1. The molecule has 0 unspecified atom stereocenters. The van der Waals surface area contributed by atoms with Crippen molar-refractivity contribution in [3.63, 3.8) is 0 Å². The molecule has 1 amide bonds. The molecule has 0 radical (unpaired) electrons. The van der Waals surface area contributed by atoms with Crippen LogP contribution in [0.3, 0.4) is 0 Å². The van der Waals surface area contributed by atoms with Crippen molar-refractivity contribution in [1.29, 1.82) is 0 Å². The highest BCUT2D eigenvalue weighted by Crippen LogP contribution is 2.24. The molecule has 0 atom stereocenters. The summed E-state index contributed by atoms with van der Waals surface area (Å²) < 4.78 is 1.27. The molecule has 11 heteroatoms. The molecule has 27 heavy (non-hydrogen) atoms. The number of nitrogens with zero attached hydrogens (tertiary/aromatic N) is 6. The minimum Gasteiger partial charge on any atom is -0.296 e. The van der Waals surface area contributed by atoms with Gasteiger partial charge in [-0.15, -0.1) is 10.2 Å². The topological polar surface area (TPSA) is 129 Å². The second kappa shape index (κ2) is 8.45. The van der Waals surface area contributed by atoms with Gasteiger partial charge in [0.25, 0.3) is 11.6 Å². The number of amides is 1. The molecular weight excluding hydrogens is 370 g/mol. The molecular formula is C16H17N7O3S. The number of rotatable bonds is 8. The SMILES string of the molecule is CCCCCc1nnc(NC(=O)c2ccc(-n3cncn3)c([N+](=O)[O-])c2)s1. The predicted molar refractivity (Wildman–Crippen MR) is 99.1 cm³/mol. The van der Waals surface area contributed by atoms with Crippen molar-refractivity contribution in [2.45, 2.75) is 32.6 Å². The quantitative estimate of drug-likeness (QED) is 0.357. The highest BCUT2D eigenvalue weighted by molar-refractivity contribution is 7.15. The lowest BCUT2D eigenvalue weighted by Gasteiger charge is -2.05. The maximum absolute atomic E-state index is 12.4. The normalized spacial score (nSPS) is 10.7. The maximum Gasteiger partial charge on any atom is 0.295 e. The van der Waals surface area contributed by atoms with Gasteiger partial charge in [-0.3, -0.25) is 20.2 Å². The average Bonchev–Trinajstić information content (AvgIpc) is 3.33. The Morgan fingerprint density at radius 3 is 2.89 bits per heavy atom. The van der Waals surface area contributed by atoms with E-state index in [1.165, 1.54) is 46.9 Å². The van der Waals surface area contributed by atoms with Gasteiger partial charge in [0.2, 0.25) is 5.13 Å². The van der Waals surface area contributed by atoms with Gasteiger partial charge in [-0.05, 0) is 18.6 Å². The molecule has 0 aliphatic heterocycles. The number of nitro groups is 1. The summed E-state index contributed by atoms with van der Waals surface area (Å²) in [7, 11) is 0. The number of carbonyl (C=O) groups is 1. The molecule has 0 saturated heterocycles. The largest absolute Gasteiger partial charge is 0.296 e. The number of nitrogens with one attached hydrogen (secondary N) is 1. The van der Waals surface area contributed by atoms with E-state index in [9.17, 15) is 14.9 Å². The Bertz CT molecular complexity index is 939. The van der Waals surface area contributed by atoms with Gasteiger partial charge in [-0.25, -0.2) is 9.67 Å². The van der Waals surface area contributed by atoms with E-state index in [-0.39, 0.29) is 16.9 Å². The second-order valence-electron chi connectivity index (χ2n) is 5.71. The van der Waals surface area contributed by atoms with Crippen LogP contribution < -0.4 is 5.32 Å². The fraction of sp³-hybridized carbons (Fsp3) is 0.312. The van der Waals surface area contributed by atoms with E-state index in [2.05, 4.69) is 32.5 Å². The minimum absolute atomic E-state index is 0.147. The Morgan fingerprint density at radius 1 is 1.33 bits per heavy atom. The average molecular weight is 387 g/mol. The molecule has 2 aromatic heterocycles. The smallest absolute Gasteiger partial charge is 0.295 e. The van der Waals surface area contributed by atoms with E-state index >= 15 is 0 Å². The maximum atomic E-state index is 12.4. The second-order valence-corrected chi connectivity index (χ2v) is 6.77. The van der Waals surface area contributed by atoms with Crippen molar-refractivity contribution in [2.24, 2.45) is 0 Å². The number of unbranched alkanes of at least 4 members (excludes halogenated alkanes) is 2. The van der Waals surface area contributed by atoms with Crippen LogP contribution in [0, 0.1) is 10.1 Å². The van der Waals surface area contributed by atoms with Gasteiger partial charge in [0.15, 0.2) is 0 Å². The summed E-state index contributed by atoms with van der Waals surface area (Å²) in [6.45, 7) is 2.12. The van der Waals surface area contributed by atoms with E-state index in [4.69, 9.17) is 0 Å². The van der Waals surface area contributed by atoms with E-state index in [1.807, 2.05) is 0 Å². The summed E-state index contributed by atoms with van der Waals surface area (Å²) in [5.74, 6) is -0.487. The number of benzene rings is 1. The predicted octanol–water partition coefficient (Wildman–Crippen LogP) is 3.01. The van der Waals surface area contributed by atoms with Crippen LogP contribution in [-0.2, 0) is 6.42 Å². The molecule has 2 heterocycles. The third-order valence-corrected chi connectivity index (χ3v) is 4.68. The van der Waals surface area contributed by atoms with Crippen molar-refractivity contribution in [1.82, 2.24) is 25.0 Å². The Kier molecular flexibility index (Phi) is 5.81. The van der Waals surface area contributed by atoms with Crippen LogP contribution >= 0.6 is 11.3 Å². The van der Waals surface area contributed by atoms with Crippen LogP contribution in [0.1, 0.15) is 41.6 Å². The highest BCUT2D eigenvalue weighted by atomic mass is 32.1. The molecule has 0 bridgehead atoms. The van der Waals surface area contributed by atoms with Crippen LogP contribution in [0.5, 0.6) is 0 Å². The molecule has 10 nitrogen and oxygen atoms in total. The molecule has 0 aliphatic rings. The van der Waals surface area contributed by atoms with Crippen LogP contribution in [0.2, 0.25) is 0 Å². The van der Waals surface area contributed by atoms with Gasteiger partial charge in [0.1, 0.15) is 23.3 Å². The summed E-state index contributed by atoms with van der Waals surface area (Å²) in [5.41, 5.74) is 0.127. The molecule has 1 N–H and O–H groups in total. The summed E-state index contributed by atoms with van der Waals surface area (Å²) in [4.78, 5) is 27.0. The first-order valence-corrected chi connectivity index (χ1v) is 9.17. The van der Waals surface area contributed by atoms with Crippen LogP contribution in [-0.4, -0.2) is 35.8 Å². The number of carbonyl (C=O) groups excluding carboxylic acids is 1. The van der Waals surface area contributed by atoms with Crippen LogP contribution in [0.15, 0.2) is 30.9 Å². The van der Waals surface area contributed by atoms with E-state index in [1.54, 1.807) is 0 Å². The van der Waals surface area contributed by atoms with Crippen molar-refractivity contribution >= 4 is 28.1 Å². The summed E-state index contributed by atoms with van der Waals surface area (Å²) in [6.07, 6.45) is 6.70. The zero-order chi connectivity index (χ0) is 19.2.